The lowest BCUT2D eigenvalue weighted by Gasteiger charge is -2.34. The first-order valence-corrected chi connectivity index (χ1v) is 8.95. The smallest absolute Gasteiger partial charge is 0.0472 e. The molecule has 25 heavy (non-hydrogen) atoms. The quantitative estimate of drug-likeness (QED) is 0.529. The van der Waals surface area contributed by atoms with Crippen LogP contribution in [-0.4, -0.2) is 10.9 Å². The second kappa shape index (κ2) is 6.98. The molecule has 3 aromatic rings. The molecule has 1 heterocycles. The lowest BCUT2D eigenvalue weighted by Crippen LogP contribution is -2.31. The van der Waals surface area contributed by atoms with E-state index >= 15 is 0 Å². The van der Waals surface area contributed by atoms with E-state index in [9.17, 15) is 0 Å². The van der Waals surface area contributed by atoms with Crippen molar-refractivity contribution in [2.45, 2.75) is 25.4 Å². The topological polar surface area (TPSA) is 3.24 Å². The molecule has 0 fully saturated rings. The Bertz CT molecular complexity index is 908. The van der Waals surface area contributed by atoms with E-state index in [0.717, 1.165) is 19.4 Å². The molecule has 1 aliphatic heterocycles. The first kappa shape index (κ1) is 15.7. The van der Waals surface area contributed by atoms with Gasteiger partial charge in [-0.05, 0) is 46.4 Å². The zero-order chi connectivity index (χ0) is 17.1. The van der Waals surface area contributed by atoms with E-state index in [-0.39, 0.29) is 0 Å². The highest BCUT2D eigenvalue weighted by molar-refractivity contribution is 5.86. The molecule has 1 atom stereocenters. The van der Waals surface area contributed by atoms with Crippen LogP contribution < -0.4 is 0 Å². The predicted molar refractivity (Wildman–Crippen MR) is 107 cm³/mol. The number of hydrogen-bond donors (Lipinski definition) is 0. The largest absolute Gasteiger partial charge is 0.366 e. The zero-order valence-corrected chi connectivity index (χ0v) is 14.4. The van der Waals surface area contributed by atoms with Gasteiger partial charge in [-0.1, -0.05) is 72.8 Å². The van der Waals surface area contributed by atoms with Gasteiger partial charge in [0.05, 0.1) is 0 Å². The van der Waals surface area contributed by atoms with Crippen LogP contribution in [0.25, 0.3) is 16.3 Å². The Morgan fingerprint density at radius 2 is 1.68 bits per heavy atom. The summed E-state index contributed by atoms with van der Waals surface area (Å²) in [5.74, 6) is 0. The molecule has 3 aromatic carbocycles. The molecule has 0 N–H and O–H groups in total. The van der Waals surface area contributed by atoms with Crippen molar-refractivity contribution < 1.29 is 0 Å². The fourth-order valence-electron chi connectivity index (χ4n) is 3.65. The highest BCUT2D eigenvalue weighted by Gasteiger charge is 2.20. The Labute approximate surface area is 149 Å². The predicted octanol–water partition coefficient (Wildman–Crippen LogP) is 6.03. The normalized spacial score (nSPS) is 17.4. The lowest BCUT2D eigenvalue weighted by molar-refractivity contribution is 0.289. The van der Waals surface area contributed by atoms with Crippen molar-refractivity contribution in [3.8, 4) is 0 Å². The van der Waals surface area contributed by atoms with Crippen LogP contribution in [0.5, 0.6) is 0 Å². The first-order chi connectivity index (χ1) is 12.3. The molecule has 1 aliphatic rings. The summed E-state index contributed by atoms with van der Waals surface area (Å²) in [6.45, 7) is 4.97. The Balaban J connectivity index is 1.66. The molecule has 4 rings (SSSR count). The van der Waals surface area contributed by atoms with E-state index in [4.69, 9.17) is 0 Å². The second-order valence-electron chi connectivity index (χ2n) is 6.72. The summed E-state index contributed by atoms with van der Waals surface area (Å²) in [5.41, 5.74) is 4.09. The zero-order valence-electron chi connectivity index (χ0n) is 14.4. The molecular weight excluding hydrogens is 302 g/mol. The van der Waals surface area contributed by atoms with Crippen molar-refractivity contribution in [1.29, 1.82) is 0 Å². The molecule has 0 bridgehead atoms. The lowest BCUT2D eigenvalue weighted by atomic mass is 9.93. The third kappa shape index (κ3) is 3.36. The summed E-state index contributed by atoms with van der Waals surface area (Å²) in [6.07, 6.45) is 6.64. The molecule has 0 aliphatic carbocycles. The fraction of sp³-hybridized carbons (Fsp3) is 0.167. The average Bonchev–Trinajstić information content (AvgIpc) is 2.68. The van der Waals surface area contributed by atoms with Gasteiger partial charge in [0.15, 0.2) is 0 Å². The SMILES string of the molecule is C=C[C@H]1CCC(c2ccc3ccccc3c2)=CN1Cc1ccccc1. The van der Waals surface area contributed by atoms with Gasteiger partial charge >= 0.3 is 0 Å². The molecule has 1 nitrogen and oxygen atoms in total. The van der Waals surface area contributed by atoms with Gasteiger partial charge in [-0.25, -0.2) is 0 Å². The standard InChI is InChI=1S/C24H23N/c1-2-24-15-14-23(18-25(24)17-19-8-4-3-5-9-19)22-13-12-20-10-6-7-11-21(20)16-22/h2-13,16,18,24H,1,14-15,17H2/t24-/m0/s1. The maximum absolute atomic E-state index is 4.04. The van der Waals surface area contributed by atoms with Gasteiger partial charge in [0.2, 0.25) is 0 Å². The van der Waals surface area contributed by atoms with Crippen molar-refractivity contribution in [2.24, 2.45) is 0 Å². The number of rotatable bonds is 4. The molecule has 0 saturated carbocycles. The van der Waals surface area contributed by atoms with E-state index in [1.54, 1.807) is 0 Å². The van der Waals surface area contributed by atoms with Crippen LogP contribution in [0.1, 0.15) is 24.0 Å². The maximum atomic E-state index is 4.04. The minimum Gasteiger partial charge on any atom is -0.366 e. The van der Waals surface area contributed by atoms with Gasteiger partial charge < -0.3 is 4.90 Å². The summed E-state index contributed by atoms with van der Waals surface area (Å²) in [4.78, 5) is 2.43. The van der Waals surface area contributed by atoms with Crippen molar-refractivity contribution in [1.82, 2.24) is 4.90 Å². The second-order valence-corrected chi connectivity index (χ2v) is 6.72. The third-order valence-corrected chi connectivity index (χ3v) is 5.06. The van der Waals surface area contributed by atoms with Gasteiger partial charge in [-0.3, -0.25) is 0 Å². The number of hydrogen-bond acceptors (Lipinski definition) is 1. The maximum Gasteiger partial charge on any atom is 0.0472 e. The van der Waals surface area contributed by atoms with Crippen molar-refractivity contribution in [2.75, 3.05) is 0 Å². The minimum atomic E-state index is 0.407. The molecule has 0 aromatic heterocycles. The summed E-state index contributed by atoms with van der Waals surface area (Å²) in [6, 6.07) is 26.4. The number of allylic oxidation sites excluding steroid dienone is 1. The van der Waals surface area contributed by atoms with Crippen LogP contribution in [0.15, 0.2) is 91.7 Å². The van der Waals surface area contributed by atoms with Crippen molar-refractivity contribution in [3.05, 3.63) is 103 Å². The average molecular weight is 325 g/mol. The van der Waals surface area contributed by atoms with Crippen molar-refractivity contribution in [3.63, 3.8) is 0 Å². The Kier molecular flexibility index (Phi) is 4.39. The molecule has 0 amide bonds. The molecular formula is C24H23N. The van der Waals surface area contributed by atoms with Gasteiger partial charge in [0, 0.05) is 18.8 Å². The molecule has 0 spiro atoms. The molecule has 0 unspecified atom stereocenters. The minimum absolute atomic E-state index is 0.407. The summed E-state index contributed by atoms with van der Waals surface area (Å²) in [7, 11) is 0. The molecule has 0 saturated heterocycles. The first-order valence-electron chi connectivity index (χ1n) is 8.95. The van der Waals surface area contributed by atoms with Gasteiger partial charge in [0.25, 0.3) is 0 Å². The third-order valence-electron chi connectivity index (χ3n) is 5.06. The van der Waals surface area contributed by atoms with Crippen LogP contribution in [0.2, 0.25) is 0 Å². The van der Waals surface area contributed by atoms with E-state index in [1.165, 1.54) is 27.5 Å². The van der Waals surface area contributed by atoms with Crippen LogP contribution in [0.3, 0.4) is 0 Å². The molecule has 0 radical (unpaired) electrons. The van der Waals surface area contributed by atoms with E-state index in [0.29, 0.717) is 6.04 Å². The van der Waals surface area contributed by atoms with Crippen LogP contribution >= 0.6 is 0 Å². The Hall–Kier alpha value is -2.80. The van der Waals surface area contributed by atoms with Crippen molar-refractivity contribution >= 4 is 16.3 Å². The summed E-state index contributed by atoms with van der Waals surface area (Å²) in [5, 5.41) is 2.61. The number of fused-ring (bicyclic) bond motifs is 1. The Morgan fingerprint density at radius 3 is 2.48 bits per heavy atom. The van der Waals surface area contributed by atoms with Crippen LogP contribution in [0.4, 0.5) is 0 Å². The highest BCUT2D eigenvalue weighted by atomic mass is 15.1. The van der Waals surface area contributed by atoms with Crippen LogP contribution in [-0.2, 0) is 6.54 Å². The number of benzene rings is 3. The van der Waals surface area contributed by atoms with E-state index < -0.39 is 0 Å². The van der Waals surface area contributed by atoms with E-state index in [2.05, 4.69) is 96.6 Å². The van der Waals surface area contributed by atoms with Gasteiger partial charge in [0.1, 0.15) is 0 Å². The summed E-state index contributed by atoms with van der Waals surface area (Å²) < 4.78 is 0. The Morgan fingerprint density at radius 1 is 0.920 bits per heavy atom. The number of nitrogens with zero attached hydrogens (tertiary/aromatic N) is 1. The monoisotopic (exact) mass is 325 g/mol. The van der Waals surface area contributed by atoms with E-state index in [1.807, 2.05) is 0 Å². The molecule has 1 heteroatoms. The molecule has 124 valence electrons. The summed E-state index contributed by atoms with van der Waals surface area (Å²) >= 11 is 0. The van der Waals surface area contributed by atoms with Gasteiger partial charge in [-0.15, -0.1) is 6.58 Å². The highest BCUT2D eigenvalue weighted by Crippen LogP contribution is 2.31. The fourth-order valence-corrected chi connectivity index (χ4v) is 3.65. The van der Waals surface area contributed by atoms with Gasteiger partial charge in [-0.2, -0.15) is 0 Å². The van der Waals surface area contributed by atoms with Crippen LogP contribution in [0, 0.1) is 0 Å².